The van der Waals surface area contributed by atoms with Crippen LogP contribution >= 0.6 is 0 Å². The highest BCUT2D eigenvalue weighted by Crippen LogP contribution is 2.32. The van der Waals surface area contributed by atoms with Crippen LogP contribution in [0.25, 0.3) is 0 Å². The number of nitrogens with one attached hydrogen (secondary N) is 1. The van der Waals surface area contributed by atoms with Crippen molar-refractivity contribution in [1.29, 1.82) is 0 Å². The summed E-state index contributed by atoms with van der Waals surface area (Å²) in [6, 6.07) is 4.81. The number of hydrogen-bond acceptors (Lipinski definition) is 5. The maximum Gasteiger partial charge on any atom is 0.293 e. The lowest BCUT2D eigenvalue weighted by Gasteiger charge is -2.32. The standard InChI is InChI=1S/C19H30N4O3/c1-4-21(5-2)12-10-20-19(24)16-8-9-17(18(13-16)23(25)26)22-11-6-7-15(3)14-22/h8-9,13,15H,4-7,10-12,14H2,1-3H3,(H,20,24)/t15-/m0/s1. The molecule has 1 aromatic carbocycles. The first kappa shape index (κ1) is 20.2. The van der Waals surface area contributed by atoms with E-state index in [4.69, 9.17) is 0 Å². The lowest BCUT2D eigenvalue weighted by Crippen LogP contribution is -2.35. The van der Waals surface area contributed by atoms with Crippen LogP contribution in [0.2, 0.25) is 0 Å². The summed E-state index contributed by atoms with van der Waals surface area (Å²) in [5.41, 5.74) is 0.960. The number of carbonyl (C=O) groups is 1. The first-order valence-electron chi connectivity index (χ1n) is 9.50. The van der Waals surface area contributed by atoms with Crippen LogP contribution in [0.15, 0.2) is 18.2 Å². The van der Waals surface area contributed by atoms with E-state index in [1.54, 1.807) is 12.1 Å². The Morgan fingerprint density at radius 1 is 1.38 bits per heavy atom. The molecule has 1 saturated heterocycles. The molecule has 2 rings (SSSR count). The van der Waals surface area contributed by atoms with Crippen LogP contribution in [0, 0.1) is 16.0 Å². The van der Waals surface area contributed by atoms with Crippen LogP contribution in [0.1, 0.15) is 44.0 Å². The number of likely N-dealkylation sites (N-methyl/N-ethyl adjacent to an activating group) is 1. The summed E-state index contributed by atoms with van der Waals surface area (Å²) >= 11 is 0. The Labute approximate surface area is 155 Å². The van der Waals surface area contributed by atoms with E-state index in [-0.39, 0.29) is 16.5 Å². The third-order valence-corrected chi connectivity index (χ3v) is 5.04. The third-order valence-electron chi connectivity index (χ3n) is 5.04. The van der Waals surface area contributed by atoms with E-state index in [1.807, 2.05) is 0 Å². The SMILES string of the molecule is CCN(CC)CCNC(=O)c1ccc(N2CCC[C@H](C)C2)c([N+](=O)[O-])c1. The van der Waals surface area contributed by atoms with Gasteiger partial charge in [0.05, 0.1) is 4.92 Å². The number of amides is 1. The van der Waals surface area contributed by atoms with Crippen molar-refractivity contribution in [3.05, 3.63) is 33.9 Å². The Balaban J connectivity index is 2.09. The summed E-state index contributed by atoms with van der Waals surface area (Å²) in [4.78, 5) is 27.8. The maximum absolute atomic E-state index is 12.4. The zero-order chi connectivity index (χ0) is 19.1. The Morgan fingerprint density at radius 2 is 2.12 bits per heavy atom. The van der Waals surface area contributed by atoms with Gasteiger partial charge < -0.3 is 15.1 Å². The molecule has 0 radical (unpaired) electrons. The van der Waals surface area contributed by atoms with Gasteiger partial charge >= 0.3 is 0 Å². The van der Waals surface area contributed by atoms with Crippen LogP contribution in [0.5, 0.6) is 0 Å². The highest BCUT2D eigenvalue weighted by molar-refractivity contribution is 5.95. The molecular weight excluding hydrogens is 332 g/mol. The molecular formula is C19H30N4O3. The molecule has 0 unspecified atom stereocenters. The van der Waals surface area contributed by atoms with Gasteiger partial charge in [-0.05, 0) is 44.0 Å². The van der Waals surface area contributed by atoms with E-state index >= 15 is 0 Å². The van der Waals surface area contributed by atoms with Crippen LogP contribution in [0.3, 0.4) is 0 Å². The van der Waals surface area contributed by atoms with Gasteiger partial charge in [0.15, 0.2) is 0 Å². The van der Waals surface area contributed by atoms with Crippen molar-refractivity contribution in [3.63, 3.8) is 0 Å². The van der Waals surface area contributed by atoms with Crippen molar-refractivity contribution in [2.75, 3.05) is 44.2 Å². The minimum atomic E-state index is -0.388. The smallest absolute Gasteiger partial charge is 0.293 e. The predicted molar refractivity (Wildman–Crippen MR) is 104 cm³/mol. The van der Waals surface area contributed by atoms with Crippen LogP contribution < -0.4 is 10.2 Å². The summed E-state index contributed by atoms with van der Waals surface area (Å²) < 4.78 is 0. The average Bonchev–Trinajstić information content (AvgIpc) is 2.64. The Kier molecular flexibility index (Phi) is 7.38. The van der Waals surface area contributed by atoms with Crippen molar-refractivity contribution in [1.82, 2.24) is 10.2 Å². The molecule has 1 aromatic rings. The predicted octanol–water partition coefficient (Wildman–Crippen LogP) is 2.90. The van der Waals surface area contributed by atoms with Crippen molar-refractivity contribution in [2.45, 2.75) is 33.6 Å². The number of piperidine rings is 1. The van der Waals surface area contributed by atoms with Crippen molar-refractivity contribution in [3.8, 4) is 0 Å². The maximum atomic E-state index is 12.4. The molecule has 1 heterocycles. The van der Waals surface area contributed by atoms with Gasteiger partial charge in [-0.25, -0.2) is 0 Å². The molecule has 0 saturated carbocycles. The summed E-state index contributed by atoms with van der Waals surface area (Å²) in [5.74, 6) is 0.255. The summed E-state index contributed by atoms with van der Waals surface area (Å²) in [6.45, 7) is 11.1. The van der Waals surface area contributed by atoms with Crippen LogP contribution in [-0.2, 0) is 0 Å². The zero-order valence-corrected chi connectivity index (χ0v) is 16.0. The molecule has 26 heavy (non-hydrogen) atoms. The fourth-order valence-corrected chi connectivity index (χ4v) is 3.46. The van der Waals surface area contributed by atoms with Gasteiger partial charge in [-0.2, -0.15) is 0 Å². The largest absolute Gasteiger partial charge is 0.366 e. The quantitative estimate of drug-likeness (QED) is 0.568. The van der Waals surface area contributed by atoms with E-state index in [2.05, 4.69) is 35.9 Å². The van der Waals surface area contributed by atoms with E-state index in [0.29, 0.717) is 23.7 Å². The minimum absolute atomic E-state index is 0.00972. The average molecular weight is 362 g/mol. The van der Waals surface area contributed by atoms with E-state index in [1.165, 1.54) is 6.07 Å². The van der Waals surface area contributed by atoms with E-state index < -0.39 is 0 Å². The van der Waals surface area contributed by atoms with Gasteiger partial charge in [0, 0.05) is 37.8 Å². The zero-order valence-electron chi connectivity index (χ0n) is 16.0. The molecule has 1 N–H and O–H groups in total. The summed E-state index contributed by atoms with van der Waals surface area (Å²) in [7, 11) is 0. The summed E-state index contributed by atoms with van der Waals surface area (Å²) in [6.07, 6.45) is 2.18. The van der Waals surface area contributed by atoms with Gasteiger partial charge in [0.25, 0.3) is 11.6 Å². The second kappa shape index (κ2) is 9.52. The fourth-order valence-electron chi connectivity index (χ4n) is 3.46. The first-order chi connectivity index (χ1) is 12.5. The number of benzene rings is 1. The number of carbonyl (C=O) groups excluding carboxylic acids is 1. The lowest BCUT2D eigenvalue weighted by molar-refractivity contribution is -0.384. The second-order valence-electron chi connectivity index (χ2n) is 6.94. The van der Waals surface area contributed by atoms with Gasteiger partial charge in [-0.3, -0.25) is 14.9 Å². The molecule has 144 valence electrons. The number of nitrogens with zero attached hydrogens (tertiary/aromatic N) is 3. The van der Waals surface area contributed by atoms with Gasteiger partial charge in [0.2, 0.25) is 0 Å². The highest BCUT2D eigenvalue weighted by Gasteiger charge is 2.25. The molecule has 1 amide bonds. The molecule has 0 bridgehead atoms. The fraction of sp³-hybridized carbons (Fsp3) is 0.632. The molecule has 1 atom stereocenters. The molecule has 0 spiro atoms. The third kappa shape index (κ3) is 5.17. The normalized spacial score (nSPS) is 17.4. The van der Waals surface area contributed by atoms with Crippen molar-refractivity contribution >= 4 is 17.3 Å². The molecule has 0 aromatic heterocycles. The molecule has 1 aliphatic heterocycles. The van der Waals surface area contributed by atoms with E-state index in [0.717, 1.165) is 45.6 Å². The Bertz CT molecular complexity index is 631. The topological polar surface area (TPSA) is 78.7 Å². The van der Waals surface area contributed by atoms with E-state index in [9.17, 15) is 14.9 Å². The number of nitro groups is 1. The highest BCUT2D eigenvalue weighted by atomic mass is 16.6. The summed E-state index contributed by atoms with van der Waals surface area (Å²) in [5, 5.41) is 14.4. The second-order valence-corrected chi connectivity index (χ2v) is 6.94. The monoisotopic (exact) mass is 362 g/mol. The first-order valence-corrected chi connectivity index (χ1v) is 9.50. The Morgan fingerprint density at radius 3 is 2.73 bits per heavy atom. The van der Waals surface area contributed by atoms with Gasteiger partial charge in [-0.15, -0.1) is 0 Å². The molecule has 1 fully saturated rings. The number of hydrogen-bond donors (Lipinski definition) is 1. The molecule has 7 heteroatoms. The lowest BCUT2D eigenvalue weighted by atomic mass is 9.99. The number of rotatable bonds is 8. The van der Waals surface area contributed by atoms with Gasteiger partial charge in [-0.1, -0.05) is 20.8 Å². The molecule has 1 aliphatic rings. The van der Waals surface area contributed by atoms with Gasteiger partial charge in [0.1, 0.15) is 5.69 Å². The van der Waals surface area contributed by atoms with Crippen molar-refractivity contribution in [2.24, 2.45) is 5.92 Å². The molecule has 7 nitrogen and oxygen atoms in total. The minimum Gasteiger partial charge on any atom is -0.366 e. The van der Waals surface area contributed by atoms with Crippen LogP contribution in [-0.4, -0.2) is 55.0 Å². The van der Waals surface area contributed by atoms with Crippen LogP contribution in [0.4, 0.5) is 11.4 Å². The molecule has 0 aliphatic carbocycles. The Hall–Kier alpha value is -2.15. The number of anilines is 1. The van der Waals surface area contributed by atoms with Crippen molar-refractivity contribution < 1.29 is 9.72 Å². The number of nitro benzene ring substituents is 1.